The van der Waals surface area contributed by atoms with E-state index >= 15 is 0 Å². The van der Waals surface area contributed by atoms with Crippen LogP contribution in [0, 0.1) is 5.82 Å². The maximum atomic E-state index is 13.0. The molecule has 1 fully saturated rings. The molecule has 0 spiro atoms. The molecule has 2 rings (SSSR count). The highest BCUT2D eigenvalue weighted by Gasteiger charge is 2.25. The Morgan fingerprint density at radius 1 is 1.53 bits per heavy atom. The van der Waals surface area contributed by atoms with Crippen LogP contribution in [0.25, 0.3) is 0 Å². The first-order valence-corrected chi connectivity index (χ1v) is 5.46. The van der Waals surface area contributed by atoms with Crippen molar-refractivity contribution >= 4 is 5.82 Å². The molecule has 2 N–H and O–H groups in total. The van der Waals surface area contributed by atoms with Crippen molar-refractivity contribution in [2.45, 2.75) is 12.6 Å². The Kier molecular flexibility index (Phi) is 3.88. The minimum Gasteiger partial charge on any atom is -0.394 e. The van der Waals surface area contributed by atoms with E-state index in [2.05, 4.69) is 4.98 Å². The predicted molar refractivity (Wildman–Crippen MR) is 59.2 cm³/mol. The molecular weight excluding hydrogens is 227 g/mol. The Labute approximate surface area is 98.5 Å². The molecule has 0 saturated carbocycles. The van der Waals surface area contributed by atoms with Gasteiger partial charge in [-0.25, -0.2) is 9.37 Å². The van der Waals surface area contributed by atoms with Gasteiger partial charge in [0.1, 0.15) is 11.6 Å². The van der Waals surface area contributed by atoms with Crippen LogP contribution in [0.3, 0.4) is 0 Å². The first-order valence-electron chi connectivity index (χ1n) is 5.46. The zero-order valence-electron chi connectivity index (χ0n) is 9.34. The summed E-state index contributed by atoms with van der Waals surface area (Å²) in [5.41, 5.74) is 0.422. The van der Waals surface area contributed by atoms with Crippen molar-refractivity contribution in [3.63, 3.8) is 0 Å². The summed E-state index contributed by atoms with van der Waals surface area (Å²) in [6.45, 7) is 1.15. The quantitative estimate of drug-likeness (QED) is 0.775. The highest BCUT2D eigenvalue weighted by molar-refractivity contribution is 5.48. The summed E-state index contributed by atoms with van der Waals surface area (Å²) in [5, 5.41) is 18.5. The van der Waals surface area contributed by atoms with Gasteiger partial charge in [0, 0.05) is 12.1 Å². The molecule has 1 aliphatic rings. The first kappa shape index (κ1) is 12.2. The molecule has 0 aliphatic carbocycles. The lowest BCUT2D eigenvalue weighted by molar-refractivity contribution is 0.0720. The van der Waals surface area contributed by atoms with Gasteiger partial charge in [0.15, 0.2) is 0 Å². The van der Waals surface area contributed by atoms with Gasteiger partial charge in [-0.3, -0.25) is 0 Å². The van der Waals surface area contributed by atoms with Crippen LogP contribution in [-0.2, 0) is 11.3 Å². The van der Waals surface area contributed by atoms with Crippen LogP contribution in [0.1, 0.15) is 5.56 Å². The minimum atomic E-state index is -0.480. The summed E-state index contributed by atoms with van der Waals surface area (Å²) in [6.07, 6.45) is 1.11. The molecule has 0 amide bonds. The van der Waals surface area contributed by atoms with Crippen LogP contribution >= 0.6 is 0 Å². The molecular formula is C11H15FN2O3. The van der Waals surface area contributed by atoms with Gasteiger partial charge in [-0.1, -0.05) is 0 Å². The molecule has 0 aromatic carbocycles. The van der Waals surface area contributed by atoms with Crippen molar-refractivity contribution in [2.24, 2.45) is 0 Å². The van der Waals surface area contributed by atoms with E-state index in [1.165, 1.54) is 6.07 Å². The van der Waals surface area contributed by atoms with Crippen LogP contribution in [0.15, 0.2) is 12.3 Å². The second-order valence-electron chi connectivity index (χ2n) is 3.90. The van der Waals surface area contributed by atoms with Gasteiger partial charge in [0.05, 0.1) is 38.7 Å². The van der Waals surface area contributed by atoms with Gasteiger partial charge >= 0.3 is 0 Å². The zero-order valence-corrected chi connectivity index (χ0v) is 9.34. The molecule has 94 valence electrons. The Hall–Kier alpha value is -1.24. The lowest BCUT2D eigenvalue weighted by atomic mass is 10.2. The molecule has 1 saturated heterocycles. The van der Waals surface area contributed by atoms with Crippen LogP contribution in [0.5, 0.6) is 0 Å². The van der Waals surface area contributed by atoms with E-state index in [9.17, 15) is 14.6 Å². The van der Waals surface area contributed by atoms with Crippen LogP contribution in [-0.4, -0.2) is 47.6 Å². The number of hydrogen-bond donors (Lipinski definition) is 2. The summed E-state index contributed by atoms with van der Waals surface area (Å²) in [4.78, 5) is 5.84. The Morgan fingerprint density at radius 2 is 2.35 bits per heavy atom. The average Bonchev–Trinajstić information content (AvgIpc) is 2.38. The van der Waals surface area contributed by atoms with E-state index in [4.69, 9.17) is 4.74 Å². The van der Waals surface area contributed by atoms with Gasteiger partial charge < -0.3 is 19.8 Å². The van der Waals surface area contributed by atoms with Crippen LogP contribution in [0.4, 0.5) is 10.2 Å². The summed E-state index contributed by atoms with van der Waals surface area (Å²) >= 11 is 0. The van der Waals surface area contributed by atoms with Crippen molar-refractivity contribution in [2.75, 3.05) is 31.3 Å². The fourth-order valence-corrected chi connectivity index (χ4v) is 1.93. The third-order valence-electron chi connectivity index (χ3n) is 2.79. The molecule has 17 heavy (non-hydrogen) atoms. The maximum absolute atomic E-state index is 13.0. The van der Waals surface area contributed by atoms with Crippen LogP contribution < -0.4 is 4.90 Å². The number of aliphatic hydroxyl groups excluding tert-OH is 2. The third kappa shape index (κ3) is 2.54. The Balaban J connectivity index is 2.30. The van der Waals surface area contributed by atoms with E-state index in [0.717, 1.165) is 6.20 Å². The molecule has 6 heteroatoms. The normalized spacial score (nSPS) is 20.6. The molecule has 1 aromatic heterocycles. The fourth-order valence-electron chi connectivity index (χ4n) is 1.93. The number of rotatable bonds is 3. The van der Waals surface area contributed by atoms with E-state index < -0.39 is 5.82 Å². The van der Waals surface area contributed by atoms with Crippen molar-refractivity contribution in [3.05, 3.63) is 23.6 Å². The number of hydrogen-bond acceptors (Lipinski definition) is 5. The van der Waals surface area contributed by atoms with Crippen molar-refractivity contribution in [3.8, 4) is 0 Å². The SMILES string of the molecule is OCc1cc(F)cnc1N1CCOCC1CO. The molecule has 5 nitrogen and oxygen atoms in total. The predicted octanol–water partition coefficient (Wildman–Crippen LogP) is -0.0895. The lowest BCUT2D eigenvalue weighted by Gasteiger charge is -2.36. The number of morpholine rings is 1. The molecule has 0 bridgehead atoms. The number of aromatic nitrogens is 1. The first-order chi connectivity index (χ1) is 8.26. The molecule has 0 radical (unpaired) electrons. The molecule has 1 unspecified atom stereocenters. The summed E-state index contributed by atoms with van der Waals surface area (Å²) in [7, 11) is 0. The summed E-state index contributed by atoms with van der Waals surface area (Å²) in [6, 6.07) is 1.05. The van der Waals surface area contributed by atoms with E-state index in [1.807, 2.05) is 4.90 Å². The van der Waals surface area contributed by atoms with Gasteiger partial charge in [-0.05, 0) is 6.07 Å². The number of nitrogens with zero attached hydrogens (tertiary/aromatic N) is 2. The monoisotopic (exact) mass is 242 g/mol. The van der Waals surface area contributed by atoms with Crippen LogP contribution in [0.2, 0.25) is 0 Å². The Bertz CT molecular complexity index is 389. The highest BCUT2D eigenvalue weighted by atomic mass is 19.1. The van der Waals surface area contributed by atoms with E-state index in [0.29, 0.717) is 31.1 Å². The Morgan fingerprint density at radius 3 is 3.06 bits per heavy atom. The molecule has 1 aromatic rings. The second-order valence-corrected chi connectivity index (χ2v) is 3.90. The molecule has 1 atom stereocenters. The highest BCUT2D eigenvalue weighted by Crippen LogP contribution is 2.22. The number of pyridine rings is 1. The van der Waals surface area contributed by atoms with Crippen molar-refractivity contribution in [1.82, 2.24) is 4.98 Å². The largest absolute Gasteiger partial charge is 0.394 e. The smallest absolute Gasteiger partial charge is 0.142 e. The molecule has 2 heterocycles. The van der Waals surface area contributed by atoms with Gasteiger partial charge in [0.2, 0.25) is 0 Å². The third-order valence-corrected chi connectivity index (χ3v) is 2.79. The number of halogens is 1. The van der Waals surface area contributed by atoms with Gasteiger partial charge in [0.25, 0.3) is 0 Å². The van der Waals surface area contributed by atoms with Crippen molar-refractivity contribution in [1.29, 1.82) is 0 Å². The van der Waals surface area contributed by atoms with Gasteiger partial charge in [-0.15, -0.1) is 0 Å². The average molecular weight is 242 g/mol. The van der Waals surface area contributed by atoms with E-state index in [1.54, 1.807) is 0 Å². The number of aliphatic hydroxyl groups is 2. The summed E-state index contributed by atoms with van der Waals surface area (Å²) < 4.78 is 18.3. The van der Waals surface area contributed by atoms with E-state index in [-0.39, 0.29) is 19.3 Å². The second kappa shape index (κ2) is 5.39. The minimum absolute atomic E-state index is 0.0656. The topological polar surface area (TPSA) is 65.8 Å². The standard InChI is InChI=1S/C11H15FN2O3/c12-9-3-8(5-15)11(13-4-9)14-1-2-17-7-10(14)6-16/h3-4,10,15-16H,1-2,5-7H2. The number of ether oxygens (including phenoxy) is 1. The maximum Gasteiger partial charge on any atom is 0.142 e. The zero-order chi connectivity index (χ0) is 12.3. The molecule has 1 aliphatic heterocycles. The summed E-state index contributed by atoms with van der Waals surface area (Å²) in [5.74, 6) is 0.0304. The van der Waals surface area contributed by atoms with Crippen molar-refractivity contribution < 1.29 is 19.3 Å². The lowest BCUT2D eigenvalue weighted by Crippen LogP contribution is -2.48. The fraction of sp³-hybridized carbons (Fsp3) is 0.545. The van der Waals surface area contributed by atoms with Gasteiger partial charge in [-0.2, -0.15) is 0 Å². The number of anilines is 1.